The Labute approximate surface area is 174 Å². The molecule has 2 rings (SSSR count). The van der Waals surface area contributed by atoms with E-state index in [1.165, 1.54) is 0 Å². The minimum absolute atomic E-state index is 0. The van der Waals surface area contributed by atoms with Crippen molar-refractivity contribution in [2.75, 3.05) is 26.7 Å². The van der Waals surface area contributed by atoms with E-state index in [1.807, 2.05) is 48.5 Å². The van der Waals surface area contributed by atoms with E-state index >= 15 is 0 Å². The predicted octanol–water partition coefficient (Wildman–Crippen LogP) is 3.18. The number of aliphatic hydroxyl groups is 1. The van der Waals surface area contributed by atoms with Crippen molar-refractivity contribution in [2.24, 2.45) is 0 Å². The van der Waals surface area contributed by atoms with Crippen LogP contribution >= 0.6 is 24.8 Å². The molecule has 152 valence electrons. The first-order valence-corrected chi connectivity index (χ1v) is 8.62. The second-order valence-electron chi connectivity index (χ2n) is 5.99. The number of benzene rings is 2. The topological polar surface area (TPSA) is 62.8 Å². The molecule has 2 aromatic carbocycles. The maximum Gasteiger partial charge on any atom is 0.161 e. The molecule has 0 aliphatic heterocycles. The molecule has 1 atom stereocenters. The monoisotopic (exact) mass is 416 g/mol. The van der Waals surface area contributed by atoms with E-state index in [4.69, 9.17) is 9.47 Å². The van der Waals surface area contributed by atoms with Crippen molar-refractivity contribution < 1.29 is 14.6 Å². The van der Waals surface area contributed by atoms with Crippen molar-refractivity contribution in [3.8, 4) is 11.5 Å². The maximum absolute atomic E-state index is 9.18. The van der Waals surface area contributed by atoms with Gasteiger partial charge in [-0.25, -0.2) is 0 Å². The number of hydrogen-bond acceptors (Lipinski definition) is 5. The Balaban J connectivity index is 0.00000338. The largest absolute Gasteiger partial charge is 0.493 e. The standard InChI is InChI=1S/C20H28N2O3.2ClH/c1-16(23)13-21-10-11-22-14-18-8-9-19(20(12-18)24-2)25-15-17-6-4-3-5-7-17;;/h3-9,12,16,21-23H,10-11,13-15H2,1-2H3;2*1H. The highest BCUT2D eigenvalue weighted by Gasteiger charge is 2.06. The second-order valence-corrected chi connectivity index (χ2v) is 5.99. The Morgan fingerprint density at radius 3 is 2.30 bits per heavy atom. The molecule has 0 saturated heterocycles. The summed E-state index contributed by atoms with van der Waals surface area (Å²) >= 11 is 0. The summed E-state index contributed by atoms with van der Waals surface area (Å²) in [7, 11) is 1.65. The number of ether oxygens (including phenoxy) is 2. The van der Waals surface area contributed by atoms with Crippen LogP contribution in [0.5, 0.6) is 11.5 Å². The Morgan fingerprint density at radius 2 is 1.63 bits per heavy atom. The molecule has 0 bridgehead atoms. The van der Waals surface area contributed by atoms with Crippen LogP contribution in [0.25, 0.3) is 0 Å². The molecule has 0 radical (unpaired) electrons. The summed E-state index contributed by atoms with van der Waals surface area (Å²) < 4.78 is 11.3. The zero-order chi connectivity index (χ0) is 17.9. The number of rotatable bonds is 11. The molecule has 0 fully saturated rings. The molecule has 5 nitrogen and oxygen atoms in total. The van der Waals surface area contributed by atoms with E-state index in [0.717, 1.165) is 42.3 Å². The van der Waals surface area contributed by atoms with Gasteiger partial charge < -0.3 is 25.2 Å². The minimum atomic E-state index is -0.312. The lowest BCUT2D eigenvalue weighted by Gasteiger charge is -2.13. The molecule has 7 heteroatoms. The van der Waals surface area contributed by atoms with E-state index in [-0.39, 0.29) is 30.9 Å². The molecule has 0 spiro atoms. The van der Waals surface area contributed by atoms with Gasteiger partial charge in [0.15, 0.2) is 11.5 Å². The zero-order valence-corrected chi connectivity index (χ0v) is 17.4. The van der Waals surface area contributed by atoms with Crippen LogP contribution in [0.2, 0.25) is 0 Å². The lowest BCUT2D eigenvalue weighted by atomic mass is 10.2. The van der Waals surface area contributed by atoms with Gasteiger partial charge in [0, 0.05) is 26.2 Å². The first-order valence-electron chi connectivity index (χ1n) is 8.62. The summed E-state index contributed by atoms with van der Waals surface area (Å²) in [5, 5.41) is 15.7. The normalized spacial score (nSPS) is 11.1. The van der Waals surface area contributed by atoms with Crippen LogP contribution in [-0.4, -0.2) is 38.0 Å². The lowest BCUT2D eigenvalue weighted by molar-refractivity contribution is 0.191. The van der Waals surface area contributed by atoms with Crippen LogP contribution < -0.4 is 20.1 Å². The third kappa shape index (κ3) is 9.84. The van der Waals surface area contributed by atoms with Crippen molar-refractivity contribution >= 4 is 24.8 Å². The SMILES string of the molecule is COc1cc(CNCCNCC(C)O)ccc1OCc1ccccc1.Cl.Cl. The van der Waals surface area contributed by atoms with Gasteiger partial charge in [-0.05, 0) is 30.2 Å². The van der Waals surface area contributed by atoms with Crippen LogP contribution in [0.1, 0.15) is 18.1 Å². The van der Waals surface area contributed by atoms with Crippen LogP contribution in [-0.2, 0) is 13.2 Å². The van der Waals surface area contributed by atoms with Crippen LogP contribution in [0.15, 0.2) is 48.5 Å². The maximum atomic E-state index is 9.18. The predicted molar refractivity (Wildman–Crippen MR) is 115 cm³/mol. The smallest absolute Gasteiger partial charge is 0.161 e. The molecule has 3 N–H and O–H groups in total. The number of methoxy groups -OCH3 is 1. The Morgan fingerprint density at radius 1 is 0.926 bits per heavy atom. The fourth-order valence-electron chi connectivity index (χ4n) is 2.40. The summed E-state index contributed by atoms with van der Waals surface area (Å²) in [6.45, 7) is 5.31. The highest BCUT2D eigenvalue weighted by Crippen LogP contribution is 2.28. The van der Waals surface area contributed by atoms with Crippen molar-refractivity contribution in [3.63, 3.8) is 0 Å². The molecule has 0 heterocycles. The van der Waals surface area contributed by atoms with Gasteiger partial charge >= 0.3 is 0 Å². The van der Waals surface area contributed by atoms with Crippen molar-refractivity contribution in [1.29, 1.82) is 0 Å². The molecular formula is C20H30Cl2N2O3. The summed E-state index contributed by atoms with van der Waals surface area (Å²) in [4.78, 5) is 0. The fraction of sp³-hybridized carbons (Fsp3) is 0.400. The molecule has 0 saturated carbocycles. The zero-order valence-electron chi connectivity index (χ0n) is 15.8. The summed E-state index contributed by atoms with van der Waals surface area (Å²) in [6.07, 6.45) is -0.312. The van der Waals surface area contributed by atoms with Crippen molar-refractivity contribution in [3.05, 3.63) is 59.7 Å². The van der Waals surface area contributed by atoms with Gasteiger partial charge in [0.05, 0.1) is 13.2 Å². The third-order valence-electron chi connectivity index (χ3n) is 3.71. The third-order valence-corrected chi connectivity index (χ3v) is 3.71. The molecule has 27 heavy (non-hydrogen) atoms. The average molecular weight is 417 g/mol. The van der Waals surface area contributed by atoms with E-state index in [0.29, 0.717) is 13.2 Å². The summed E-state index contributed by atoms with van der Waals surface area (Å²) in [6, 6.07) is 16.1. The van der Waals surface area contributed by atoms with Gasteiger partial charge in [-0.3, -0.25) is 0 Å². The second kappa shape index (κ2) is 14.5. The lowest BCUT2D eigenvalue weighted by Crippen LogP contribution is -2.31. The van der Waals surface area contributed by atoms with E-state index in [9.17, 15) is 5.11 Å². The Kier molecular flexibility index (Phi) is 13.7. The van der Waals surface area contributed by atoms with Crippen molar-refractivity contribution in [2.45, 2.75) is 26.2 Å². The molecule has 0 aromatic heterocycles. The molecular weight excluding hydrogens is 387 g/mol. The number of hydrogen-bond donors (Lipinski definition) is 3. The van der Waals surface area contributed by atoms with Gasteiger partial charge in [-0.2, -0.15) is 0 Å². The number of halogens is 2. The van der Waals surface area contributed by atoms with Gasteiger partial charge in [0.1, 0.15) is 6.61 Å². The molecule has 0 amide bonds. The summed E-state index contributed by atoms with van der Waals surface area (Å²) in [5.41, 5.74) is 2.26. The number of nitrogens with one attached hydrogen (secondary N) is 2. The first-order chi connectivity index (χ1) is 12.2. The molecule has 2 aromatic rings. The summed E-state index contributed by atoms with van der Waals surface area (Å²) in [5.74, 6) is 1.48. The van der Waals surface area contributed by atoms with E-state index < -0.39 is 0 Å². The Bertz CT molecular complexity index is 628. The van der Waals surface area contributed by atoms with Crippen LogP contribution in [0.4, 0.5) is 0 Å². The van der Waals surface area contributed by atoms with Crippen LogP contribution in [0, 0.1) is 0 Å². The number of aliphatic hydroxyl groups excluding tert-OH is 1. The Hall–Kier alpha value is -1.50. The minimum Gasteiger partial charge on any atom is -0.493 e. The van der Waals surface area contributed by atoms with Gasteiger partial charge in [0.2, 0.25) is 0 Å². The van der Waals surface area contributed by atoms with Gasteiger partial charge in [-0.1, -0.05) is 36.4 Å². The first kappa shape index (κ1) is 25.5. The fourth-order valence-corrected chi connectivity index (χ4v) is 2.40. The van der Waals surface area contributed by atoms with E-state index in [1.54, 1.807) is 14.0 Å². The van der Waals surface area contributed by atoms with E-state index in [2.05, 4.69) is 10.6 Å². The molecule has 0 aliphatic rings. The average Bonchev–Trinajstić information content (AvgIpc) is 2.63. The molecule has 0 aliphatic carbocycles. The van der Waals surface area contributed by atoms with Crippen molar-refractivity contribution in [1.82, 2.24) is 10.6 Å². The van der Waals surface area contributed by atoms with Crippen LogP contribution in [0.3, 0.4) is 0 Å². The molecule has 1 unspecified atom stereocenters. The highest BCUT2D eigenvalue weighted by molar-refractivity contribution is 5.85. The van der Waals surface area contributed by atoms with Gasteiger partial charge in [0.25, 0.3) is 0 Å². The quantitative estimate of drug-likeness (QED) is 0.491. The van der Waals surface area contributed by atoms with Gasteiger partial charge in [-0.15, -0.1) is 24.8 Å². The highest BCUT2D eigenvalue weighted by atomic mass is 35.5.